The highest BCUT2D eigenvalue weighted by atomic mass is 16.1. The average molecular weight is 403 g/mol. The van der Waals surface area contributed by atoms with E-state index in [0.717, 1.165) is 36.2 Å². The van der Waals surface area contributed by atoms with Gasteiger partial charge in [-0.2, -0.15) is 5.10 Å². The molecule has 30 heavy (non-hydrogen) atoms. The van der Waals surface area contributed by atoms with Crippen LogP contribution in [0.25, 0.3) is 5.65 Å². The number of benzene rings is 1. The molecule has 1 aromatic carbocycles. The van der Waals surface area contributed by atoms with Gasteiger partial charge in [-0.25, -0.2) is 9.50 Å². The zero-order valence-corrected chi connectivity index (χ0v) is 18.2. The van der Waals surface area contributed by atoms with Gasteiger partial charge in [0.1, 0.15) is 5.56 Å². The number of rotatable bonds is 6. The Morgan fingerprint density at radius 3 is 2.77 bits per heavy atom. The zero-order chi connectivity index (χ0) is 21.1. The molecule has 3 aromatic rings. The molecule has 0 bridgehead atoms. The van der Waals surface area contributed by atoms with E-state index in [0.29, 0.717) is 17.8 Å². The highest BCUT2D eigenvalue weighted by Crippen LogP contribution is 2.22. The maximum atomic E-state index is 12.8. The van der Waals surface area contributed by atoms with Gasteiger partial charge in [-0.1, -0.05) is 35.9 Å². The second kappa shape index (κ2) is 8.82. The van der Waals surface area contributed by atoms with Crippen LogP contribution in [0.1, 0.15) is 70.5 Å². The highest BCUT2D eigenvalue weighted by molar-refractivity contribution is 5.99. The Hall–Kier alpha value is -2.95. The lowest BCUT2D eigenvalue weighted by atomic mass is 9.97. The number of amides is 1. The first-order chi connectivity index (χ1) is 14.5. The van der Waals surface area contributed by atoms with E-state index >= 15 is 0 Å². The fourth-order valence-corrected chi connectivity index (χ4v) is 4.29. The van der Waals surface area contributed by atoms with Crippen LogP contribution in [0, 0.1) is 20.8 Å². The molecule has 2 aromatic heterocycles. The largest absolute Gasteiger partial charge is 0.352 e. The molecule has 4 rings (SSSR count). The number of hydrogen-bond donors (Lipinski definition) is 1. The summed E-state index contributed by atoms with van der Waals surface area (Å²) in [4.78, 5) is 17.6. The Balaban J connectivity index is 1.54. The minimum atomic E-state index is -0.0978. The molecular weight excluding hydrogens is 372 g/mol. The summed E-state index contributed by atoms with van der Waals surface area (Å²) in [5, 5.41) is 7.54. The van der Waals surface area contributed by atoms with Crippen molar-refractivity contribution < 1.29 is 4.79 Å². The normalized spacial score (nSPS) is 14.0. The summed E-state index contributed by atoms with van der Waals surface area (Å²) in [6.45, 7) is 6.86. The molecule has 0 aliphatic heterocycles. The van der Waals surface area contributed by atoms with Gasteiger partial charge in [-0.15, -0.1) is 0 Å². The summed E-state index contributed by atoms with van der Waals surface area (Å²) < 4.78 is 1.80. The molecule has 1 aliphatic carbocycles. The smallest absolute Gasteiger partial charge is 0.256 e. The van der Waals surface area contributed by atoms with Crippen molar-refractivity contribution in [2.24, 2.45) is 0 Å². The predicted molar refractivity (Wildman–Crippen MR) is 120 cm³/mol. The monoisotopic (exact) mass is 402 g/mol. The fourth-order valence-electron chi connectivity index (χ4n) is 4.29. The Morgan fingerprint density at radius 1 is 1.17 bits per heavy atom. The first kappa shape index (κ1) is 20.3. The van der Waals surface area contributed by atoms with Gasteiger partial charge in [0.05, 0.1) is 6.20 Å². The molecule has 1 amide bonds. The number of nitrogens with one attached hydrogen (secondary N) is 1. The molecule has 1 aliphatic rings. The van der Waals surface area contributed by atoms with Crippen LogP contribution in [0.3, 0.4) is 0 Å². The number of nitrogens with zero attached hydrogens (tertiary/aromatic N) is 3. The van der Waals surface area contributed by atoms with Crippen LogP contribution in [0.4, 0.5) is 0 Å². The molecule has 0 saturated carbocycles. The standard InChI is InChI=1S/C25H30N4O/c1-17-9-7-8-12-21(17)15-22-18(2)28-24-23(16-27-29(24)19(22)3)25(30)26-14-13-20-10-5-4-6-11-20/h7-10,12,16H,4-6,11,13-15H2,1-3H3,(H,26,30). The second-order valence-corrected chi connectivity index (χ2v) is 8.27. The molecule has 1 N–H and O–H groups in total. The summed E-state index contributed by atoms with van der Waals surface area (Å²) in [6, 6.07) is 8.41. The summed E-state index contributed by atoms with van der Waals surface area (Å²) in [6.07, 6.45) is 10.6. The lowest BCUT2D eigenvalue weighted by Crippen LogP contribution is -2.25. The van der Waals surface area contributed by atoms with Crippen molar-refractivity contribution in [3.63, 3.8) is 0 Å². The molecule has 0 spiro atoms. The van der Waals surface area contributed by atoms with Crippen LogP contribution >= 0.6 is 0 Å². The number of hydrogen-bond acceptors (Lipinski definition) is 3. The van der Waals surface area contributed by atoms with Crippen molar-refractivity contribution in [2.75, 3.05) is 6.54 Å². The van der Waals surface area contributed by atoms with Crippen LogP contribution in [0.15, 0.2) is 42.1 Å². The summed E-state index contributed by atoms with van der Waals surface area (Å²) in [7, 11) is 0. The maximum absolute atomic E-state index is 12.8. The van der Waals surface area contributed by atoms with E-state index in [9.17, 15) is 4.79 Å². The first-order valence-electron chi connectivity index (χ1n) is 10.9. The Kier molecular flexibility index (Phi) is 5.98. The van der Waals surface area contributed by atoms with E-state index in [4.69, 9.17) is 4.98 Å². The van der Waals surface area contributed by atoms with Crippen molar-refractivity contribution in [2.45, 2.75) is 59.3 Å². The van der Waals surface area contributed by atoms with Gasteiger partial charge in [0.2, 0.25) is 0 Å². The molecule has 5 heteroatoms. The zero-order valence-electron chi connectivity index (χ0n) is 18.2. The van der Waals surface area contributed by atoms with Gasteiger partial charge in [-0.05, 0) is 69.6 Å². The lowest BCUT2D eigenvalue weighted by molar-refractivity contribution is 0.0955. The second-order valence-electron chi connectivity index (χ2n) is 8.27. The first-order valence-corrected chi connectivity index (χ1v) is 10.9. The van der Waals surface area contributed by atoms with E-state index < -0.39 is 0 Å². The molecule has 0 atom stereocenters. The minimum absolute atomic E-state index is 0.0978. The topological polar surface area (TPSA) is 59.3 Å². The number of carbonyl (C=O) groups excluding carboxylic acids is 1. The van der Waals surface area contributed by atoms with Gasteiger partial charge >= 0.3 is 0 Å². The maximum Gasteiger partial charge on any atom is 0.256 e. The van der Waals surface area contributed by atoms with Crippen LogP contribution in [0.2, 0.25) is 0 Å². The van der Waals surface area contributed by atoms with Gasteiger partial charge in [-0.3, -0.25) is 4.79 Å². The van der Waals surface area contributed by atoms with E-state index in [2.05, 4.69) is 54.6 Å². The Bertz CT molecular complexity index is 1110. The third-order valence-electron chi connectivity index (χ3n) is 6.20. The number of allylic oxidation sites excluding steroid dienone is 1. The van der Waals surface area contributed by atoms with Gasteiger partial charge in [0, 0.05) is 24.4 Å². The van der Waals surface area contributed by atoms with Crippen molar-refractivity contribution >= 4 is 11.6 Å². The predicted octanol–water partition coefficient (Wildman–Crippen LogP) is 4.87. The third kappa shape index (κ3) is 4.16. The molecular formula is C25H30N4O. The SMILES string of the molecule is Cc1ccccc1Cc1c(C)nc2c(C(=O)NCCC3=CCCCC3)cnn2c1C. The van der Waals surface area contributed by atoms with Gasteiger partial charge < -0.3 is 5.32 Å². The van der Waals surface area contributed by atoms with E-state index in [1.54, 1.807) is 10.7 Å². The fraction of sp³-hybridized carbons (Fsp3) is 0.400. The molecule has 2 heterocycles. The molecule has 0 unspecified atom stereocenters. The third-order valence-corrected chi connectivity index (χ3v) is 6.20. The van der Waals surface area contributed by atoms with E-state index in [-0.39, 0.29) is 5.91 Å². The molecule has 0 saturated heterocycles. The van der Waals surface area contributed by atoms with Crippen LogP contribution in [-0.4, -0.2) is 27.0 Å². The number of aromatic nitrogens is 3. The highest BCUT2D eigenvalue weighted by Gasteiger charge is 2.18. The van der Waals surface area contributed by atoms with Crippen molar-refractivity contribution in [1.82, 2.24) is 19.9 Å². The van der Waals surface area contributed by atoms with Crippen molar-refractivity contribution in [1.29, 1.82) is 0 Å². The Morgan fingerprint density at radius 2 is 2.00 bits per heavy atom. The minimum Gasteiger partial charge on any atom is -0.352 e. The van der Waals surface area contributed by atoms with Crippen molar-refractivity contribution in [3.05, 3.63) is 75.8 Å². The van der Waals surface area contributed by atoms with Gasteiger partial charge in [0.25, 0.3) is 5.91 Å². The van der Waals surface area contributed by atoms with Crippen LogP contribution in [-0.2, 0) is 6.42 Å². The van der Waals surface area contributed by atoms with Crippen molar-refractivity contribution in [3.8, 4) is 0 Å². The summed E-state index contributed by atoms with van der Waals surface area (Å²) in [5.74, 6) is -0.0978. The quantitative estimate of drug-likeness (QED) is 0.599. The summed E-state index contributed by atoms with van der Waals surface area (Å²) in [5.41, 5.74) is 8.34. The van der Waals surface area contributed by atoms with E-state index in [1.165, 1.54) is 36.0 Å². The van der Waals surface area contributed by atoms with Gasteiger partial charge in [0.15, 0.2) is 5.65 Å². The number of aryl methyl sites for hydroxylation is 3. The number of fused-ring (bicyclic) bond motifs is 1. The Labute approximate surface area is 178 Å². The molecule has 0 radical (unpaired) electrons. The molecule has 156 valence electrons. The average Bonchev–Trinajstić information content (AvgIpc) is 3.17. The molecule has 0 fully saturated rings. The lowest BCUT2D eigenvalue weighted by Gasteiger charge is -2.14. The summed E-state index contributed by atoms with van der Waals surface area (Å²) >= 11 is 0. The number of carbonyl (C=O) groups is 1. The van der Waals surface area contributed by atoms with Crippen LogP contribution in [0.5, 0.6) is 0 Å². The van der Waals surface area contributed by atoms with E-state index in [1.807, 2.05) is 6.92 Å². The molecule has 5 nitrogen and oxygen atoms in total. The van der Waals surface area contributed by atoms with Crippen LogP contribution < -0.4 is 5.32 Å².